The average molecular weight is 206 g/mol. The first kappa shape index (κ1) is 12.2. The molecule has 1 aromatic heterocycles. The second kappa shape index (κ2) is 7.41. The number of hydrogen-bond donors (Lipinski definition) is 1. The van der Waals surface area contributed by atoms with Gasteiger partial charge in [-0.1, -0.05) is 39.0 Å². The zero-order valence-electron chi connectivity index (χ0n) is 9.65. The van der Waals surface area contributed by atoms with Gasteiger partial charge < -0.3 is 5.73 Å². The Balaban J connectivity index is 2.16. The summed E-state index contributed by atoms with van der Waals surface area (Å²) in [4.78, 5) is 3.99. The molecule has 0 saturated carbocycles. The molecule has 0 aromatic carbocycles. The molecule has 0 spiro atoms. The van der Waals surface area contributed by atoms with Crippen LogP contribution in [0, 0.1) is 0 Å². The van der Waals surface area contributed by atoms with E-state index in [1.54, 1.807) is 0 Å². The van der Waals surface area contributed by atoms with E-state index in [0.717, 1.165) is 6.42 Å². The molecule has 1 heterocycles. The molecule has 0 unspecified atom stereocenters. The smallest absolute Gasteiger partial charge is 0.0295 e. The van der Waals surface area contributed by atoms with Crippen molar-refractivity contribution >= 4 is 0 Å². The second-order valence-electron chi connectivity index (χ2n) is 4.09. The predicted octanol–water partition coefficient (Wildman–Crippen LogP) is 3.44. The van der Waals surface area contributed by atoms with Crippen molar-refractivity contribution in [1.29, 1.82) is 0 Å². The van der Waals surface area contributed by atoms with E-state index in [1.165, 1.54) is 37.7 Å². The molecule has 0 bridgehead atoms. The van der Waals surface area contributed by atoms with E-state index in [2.05, 4.69) is 11.9 Å². The Kier molecular flexibility index (Phi) is 6.02. The van der Waals surface area contributed by atoms with Crippen LogP contribution in [0.5, 0.6) is 0 Å². The number of hydrogen-bond acceptors (Lipinski definition) is 2. The maximum Gasteiger partial charge on any atom is 0.0295 e. The van der Waals surface area contributed by atoms with Crippen molar-refractivity contribution < 1.29 is 0 Å². The molecule has 2 N–H and O–H groups in total. The fourth-order valence-corrected chi connectivity index (χ4v) is 1.75. The number of pyridine rings is 1. The fraction of sp³-hybridized carbons (Fsp3) is 0.615. The molecule has 0 amide bonds. The first-order chi connectivity index (χ1) is 7.34. The summed E-state index contributed by atoms with van der Waals surface area (Å²) in [5.74, 6) is 0. The maximum absolute atomic E-state index is 6.08. The van der Waals surface area contributed by atoms with Gasteiger partial charge in [-0.25, -0.2) is 0 Å². The highest BCUT2D eigenvalue weighted by molar-refractivity contribution is 5.13. The van der Waals surface area contributed by atoms with E-state index in [1.807, 2.05) is 24.5 Å². The largest absolute Gasteiger partial charge is 0.324 e. The standard InChI is InChI=1S/C13H22N2/c1-2-3-4-5-6-7-13(14)12-8-10-15-11-9-12/h8-11,13H,2-7,14H2,1H3/t13-/m0/s1. The molecule has 2 heteroatoms. The van der Waals surface area contributed by atoms with Crippen molar-refractivity contribution in [3.8, 4) is 0 Å². The Labute approximate surface area is 92.9 Å². The highest BCUT2D eigenvalue weighted by Gasteiger charge is 2.04. The number of nitrogens with zero attached hydrogens (tertiary/aromatic N) is 1. The van der Waals surface area contributed by atoms with Crippen molar-refractivity contribution in [3.05, 3.63) is 30.1 Å². The van der Waals surface area contributed by atoms with Crippen molar-refractivity contribution in [2.45, 2.75) is 51.5 Å². The van der Waals surface area contributed by atoms with Crippen molar-refractivity contribution in [2.75, 3.05) is 0 Å². The summed E-state index contributed by atoms with van der Waals surface area (Å²) in [6, 6.07) is 4.21. The molecule has 0 aliphatic rings. The van der Waals surface area contributed by atoms with Crippen LogP contribution in [0.2, 0.25) is 0 Å². The summed E-state index contributed by atoms with van der Waals surface area (Å²) in [6.45, 7) is 2.24. The summed E-state index contributed by atoms with van der Waals surface area (Å²) in [7, 11) is 0. The van der Waals surface area contributed by atoms with E-state index in [9.17, 15) is 0 Å². The predicted molar refractivity (Wildman–Crippen MR) is 64.5 cm³/mol. The molecule has 0 aliphatic heterocycles. The highest BCUT2D eigenvalue weighted by atomic mass is 14.6. The summed E-state index contributed by atoms with van der Waals surface area (Å²) >= 11 is 0. The Hall–Kier alpha value is -0.890. The zero-order valence-corrected chi connectivity index (χ0v) is 9.65. The topological polar surface area (TPSA) is 38.9 Å². The van der Waals surface area contributed by atoms with Gasteiger partial charge in [0.2, 0.25) is 0 Å². The molecule has 0 saturated heterocycles. The van der Waals surface area contributed by atoms with E-state index >= 15 is 0 Å². The van der Waals surface area contributed by atoms with Crippen LogP contribution in [0.1, 0.15) is 57.1 Å². The minimum atomic E-state index is 0.189. The molecule has 84 valence electrons. The minimum Gasteiger partial charge on any atom is -0.324 e. The molecule has 1 aromatic rings. The summed E-state index contributed by atoms with van der Waals surface area (Å²) in [5, 5.41) is 0. The number of nitrogens with two attached hydrogens (primary N) is 1. The Morgan fingerprint density at radius 1 is 1.13 bits per heavy atom. The van der Waals surface area contributed by atoms with Gasteiger partial charge in [-0.15, -0.1) is 0 Å². The van der Waals surface area contributed by atoms with Gasteiger partial charge in [-0.2, -0.15) is 0 Å². The van der Waals surface area contributed by atoms with Crippen LogP contribution in [0.15, 0.2) is 24.5 Å². The lowest BCUT2D eigenvalue weighted by atomic mass is 10.0. The monoisotopic (exact) mass is 206 g/mol. The first-order valence-corrected chi connectivity index (χ1v) is 6.00. The molecular formula is C13H22N2. The summed E-state index contributed by atoms with van der Waals surface area (Å²) < 4.78 is 0. The quantitative estimate of drug-likeness (QED) is 0.694. The lowest BCUT2D eigenvalue weighted by Crippen LogP contribution is -2.09. The van der Waals surface area contributed by atoms with Crippen LogP contribution in [0.25, 0.3) is 0 Å². The normalized spacial score (nSPS) is 12.7. The molecule has 15 heavy (non-hydrogen) atoms. The fourth-order valence-electron chi connectivity index (χ4n) is 1.75. The van der Waals surface area contributed by atoms with E-state index in [4.69, 9.17) is 5.73 Å². The number of aromatic nitrogens is 1. The summed E-state index contributed by atoms with van der Waals surface area (Å²) in [5.41, 5.74) is 7.29. The average Bonchev–Trinajstić information content (AvgIpc) is 2.30. The third-order valence-electron chi connectivity index (χ3n) is 2.75. The molecular weight excluding hydrogens is 184 g/mol. The van der Waals surface area contributed by atoms with Crippen LogP contribution in [-0.2, 0) is 0 Å². The van der Waals surface area contributed by atoms with Crippen LogP contribution in [-0.4, -0.2) is 4.98 Å². The van der Waals surface area contributed by atoms with Crippen LogP contribution >= 0.6 is 0 Å². The van der Waals surface area contributed by atoms with Crippen molar-refractivity contribution in [3.63, 3.8) is 0 Å². The minimum absolute atomic E-state index is 0.189. The Bertz CT molecular complexity index is 246. The second-order valence-corrected chi connectivity index (χ2v) is 4.09. The van der Waals surface area contributed by atoms with E-state index in [-0.39, 0.29) is 6.04 Å². The van der Waals surface area contributed by atoms with Gasteiger partial charge in [0.05, 0.1) is 0 Å². The number of unbranched alkanes of at least 4 members (excludes halogenated alkanes) is 4. The first-order valence-electron chi connectivity index (χ1n) is 6.00. The van der Waals surface area contributed by atoms with Crippen LogP contribution in [0.3, 0.4) is 0 Å². The third kappa shape index (κ3) is 4.93. The SMILES string of the molecule is CCCCCCC[C@H](N)c1ccncc1. The lowest BCUT2D eigenvalue weighted by molar-refractivity contribution is 0.555. The van der Waals surface area contributed by atoms with E-state index in [0.29, 0.717) is 0 Å². The van der Waals surface area contributed by atoms with E-state index < -0.39 is 0 Å². The van der Waals surface area contributed by atoms with Crippen molar-refractivity contribution in [2.24, 2.45) is 5.73 Å². The zero-order chi connectivity index (χ0) is 10.9. The van der Waals surface area contributed by atoms with Crippen molar-refractivity contribution in [1.82, 2.24) is 4.98 Å². The molecule has 0 aliphatic carbocycles. The molecule has 0 radical (unpaired) electrons. The number of rotatable bonds is 7. The van der Waals surface area contributed by atoms with Gasteiger partial charge in [0.25, 0.3) is 0 Å². The molecule has 1 atom stereocenters. The summed E-state index contributed by atoms with van der Waals surface area (Å²) in [6.07, 6.45) is 11.3. The van der Waals surface area contributed by atoms with Gasteiger partial charge in [0.15, 0.2) is 0 Å². The van der Waals surface area contributed by atoms with Gasteiger partial charge in [-0.05, 0) is 24.1 Å². The van der Waals surface area contributed by atoms with Gasteiger partial charge >= 0.3 is 0 Å². The Morgan fingerprint density at radius 2 is 1.80 bits per heavy atom. The van der Waals surface area contributed by atoms with Crippen LogP contribution < -0.4 is 5.73 Å². The van der Waals surface area contributed by atoms with Gasteiger partial charge in [0, 0.05) is 18.4 Å². The highest BCUT2D eigenvalue weighted by Crippen LogP contribution is 2.16. The maximum atomic E-state index is 6.08. The van der Waals surface area contributed by atoms with Gasteiger partial charge in [-0.3, -0.25) is 4.98 Å². The van der Waals surface area contributed by atoms with Gasteiger partial charge in [0.1, 0.15) is 0 Å². The van der Waals surface area contributed by atoms with Crippen LogP contribution in [0.4, 0.5) is 0 Å². The lowest BCUT2D eigenvalue weighted by Gasteiger charge is -2.11. The Morgan fingerprint density at radius 3 is 2.47 bits per heavy atom. The molecule has 2 nitrogen and oxygen atoms in total. The third-order valence-corrected chi connectivity index (χ3v) is 2.75. The molecule has 0 fully saturated rings. The molecule has 1 rings (SSSR count).